The molecule has 0 spiro atoms. The molecular weight excluding hydrogens is 360 g/mol. The molecule has 5 nitrogen and oxygen atoms in total. The van der Waals surface area contributed by atoms with Gasteiger partial charge in [-0.2, -0.15) is 0 Å². The van der Waals surface area contributed by atoms with Crippen molar-refractivity contribution in [3.63, 3.8) is 0 Å². The number of hydrogen-bond donors (Lipinski definition) is 2. The zero-order chi connectivity index (χ0) is 17.4. The molecule has 2 unspecified atom stereocenters. The Bertz CT molecular complexity index is 545. The maximum Gasteiger partial charge on any atom is 0.221 e. The Labute approximate surface area is 160 Å². The van der Waals surface area contributed by atoms with Gasteiger partial charge in [0, 0.05) is 23.1 Å². The van der Waals surface area contributed by atoms with E-state index in [0.29, 0.717) is 30.4 Å². The van der Waals surface area contributed by atoms with Gasteiger partial charge in [-0.15, -0.1) is 24.2 Å². The van der Waals surface area contributed by atoms with E-state index in [1.807, 2.05) is 18.2 Å². The van der Waals surface area contributed by atoms with Crippen molar-refractivity contribution in [1.82, 2.24) is 5.32 Å². The molecule has 0 aromatic heterocycles. The molecule has 1 aliphatic carbocycles. The third-order valence-corrected chi connectivity index (χ3v) is 5.51. The van der Waals surface area contributed by atoms with Crippen LogP contribution in [0.2, 0.25) is 0 Å². The predicted octanol–water partition coefficient (Wildman–Crippen LogP) is 3.24. The maximum atomic E-state index is 12.2. The number of nitrogens with one attached hydrogen (secondary N) is 1. The van der Waals surface area contributed by atoms with E-state index in [1.165, 1.54) is 12.8 Å². The van der Waals surface area contributed by atoms with E-state index in [1.54, 1.807) is 26.0 Å². The molecule has 3 N–H and O–H groups in total. The van der Waals surface area contributed by atoms with Gasteiger partial charge in [-0.05, 0) is 43.5 Å². The smallest absolute Gasteiger partial charge is 0.221 e. The first-order chi connectivity index (χ1) is 11.7. The fourth-order valence-electron chi connectivity index (χ4n) is 3.13. The van der Waals surface area contributed by atoms with Crippen LogP contribution >= 0.6 is 24.2 Å². The van der Waals surface area contributed by atoms with Crippen molar-refractivity contribution in [2.75, 3.05) is 26.5 Å². The van der Waals surface area contributed by atoms with E-state index in [4.69, 9.17) is 15.2 Å². The Balaban J connectivity index is 0.00000312. The highest BCUT2D eigenvalue weighted by Gasteiger charge is 2.25. The van der Waals surface area contributed by atoms with Gasteiger partial charge in [-0.3, -0.25) is 4.79 Å². The highest BCUT2D eigenvalue weighted by atomic mass is 35.5. The summed E-state index contributed by atoms with van der Waals surface area (Å²) in [6.07, 6.45) is 5.09. The van der Waals surface area contributed by atoms with Crippen LogP contribution in [0.3, 0.4) is 0 Å². The van der Waals surface area contributed by atoms with E-state index in [2.05, 4.69) is 5.32 Å². The van der Waals surface area contributed by atoms with E-state index in [9.17, 15) is 4.79 Å². The average Bonchev–Trinajstić information content (AvgIpc) is 2.62. The summed E-state index contributed by atoms with van der Waals surface area (Å²) < 4.78 is 10.5. The van der Waals surface area contributed by atoms with Crippen LogP contribution < -0.4 is 20.5 Å². The van der Waals surface area contributed by atoms with Crippen LogP contribution in [0.15, 0.2) is 23.1 Å². The molecule has 2 atom stereocenters. The van der Waals surface area contributed by atoms with E-state index < -0.39 is 0 Å². The number of methoxy groups -OCH3 is 2. The number of halogens is 1. The first kappa shape index (κ1) is 21.9. The Morgan fingerprint density at radius 3 is 2.64 bits per heavy atom. The lowest BCUT2D eigenvalue weighted by molar-refractivity contribution is -0.121. The standard InChI is InChI=1S/C18H28N2O3S.ClH/c1-22-16-8-7-14(11-17(16)23-2)24-10-9-18(21)20-15-6-4-3-5-13(15)12-19;/h7-8,11,13,15H,3-6,9-10,12,19H2,1-2H3,(H,20,21);1H. The van der Waals surface area contributed by atoms with Gasteiger partial charge in [-0.1, -0.05) is 12.8 Å². The number of ether oxygens (including phenoxy) is 2. The predicted molar refractivity (Wildman–Crippen MR) is 105 cm³/mol. The van der Waals surface area contributed by atoms with Gasteiger partial charge >= 0.3 is 0 Å². The fraction of sp³-hybridized carbons (Fsp3) is 0.611. The molecule has 25 heavy (non-hydrogen) atoms. The Kier molecular flexibility index (Phi) is 10.1. The van der Waals surface area contributed by atoms with E-state index >= 15 is 0 Å². The minimum atomic E-state index is 0. The summed E-state index contributed by atoms with van der Waals surface area (Å²) in [4.78, 5) is 13.2. The second-order valence-electron chi connectivity index (χ2n) is 6.07. The summed E-state index contributed by atoms with van der Waals surface area (Å²) in [5.74, 6) is 2.71. The largest absolute Gasteiger partial charge is 0.493 e. The number of carbonyl (C=O) groups excluding carboxylic acids is 1. The number of thioether (sulfide) groups is 1. The molecule has 7 heteroatoms. The van der Waals surface area contributed by atoms with Crippen LogP contribution in [0, 0.1) is 5.92 Å². The van der Waals surface area contributed by atoms with Gasteiger partial charge < -0.3 is 20.5 Å². The fourth-order valence-corrected chi connectivity index (χ4v) is 4.00. The number of carbonyl (C=O) groups is 1. The molecule has 1 amide bonds. The Morgan fingerprint density at radius 1 is 1.24 bits per heavy atom. The van der Waals surface area contributed by atoms with Crippen molar-refractivity contribution in [2.24, 2.45) is 11.7 Å². The number of benzene rings is 1. The minimum Gasteiger partial charge on any atom is -0.493 e. The van der Waals surface area contributed by atoms with Crippen LogP contribution in [-0.4, -0.2) is 38.5 Å². The first-order valence-electron chi connectivity index (χ1n) is 8.52. The molecule has 2 rings (SSSR count). The van der Waals surface area contributed by atoms with Crippen LogP contribution in [0.5, 0.6) is 11.5 Å². The lowest BCUT2D eigenvalue weighted by Gasteiger charge is -2.31. The normalized spacial score (nSPS) is 19.6. The number of rotatable bonds is 8. The molecule has 1 aromatic carbocycles. The second kappa shape index (κ2) is 11.5. The summed E-state index contributed by atoms with van der Waals surface area (Å²) >= 11 is 1.64. The SMILES string of the molecule is COc1ccc(SCCC(=O)NC2CCCCC2CN)cc1OC.Cl. The zero-order valence-corrected chi connectivity index (χ0v) is 16.6. The third kappa shape index (κ3) is 6.60. The number of hydrogen-bond acceptors (Lipinski definition) is 5. The van der Waals surface area contributed by atoms with Crippen molar-refractivity contribution >= 4 is 30.1 Å². The van der Waals surface area contributed by atoms with Crippen molar-refractivity contribution in [1.29, 1.82) is 0 Å². The zero-order valence-electron chi connectivity index (χ0n) is 15.0. The van der Waals surface area contributed by atoms with Crippen LogP contribution in [-0.2, 0) is 4.79 Å². The molecule has 0 bridgehead atoms. The minimum absolute atomic E-state index is 0. The highest BCUT2D eigenvalue weighted by Crippen LogP contribution is 2.32. The molecule has 1 aliphatic rings. The highest BCUT2D eigenvalue weighted by molar-refractivity contribution is 7.99. The monoisotopic (exact) mass is 388 g/mol. The quantitative estimate of drug-likeness (QED) is 0.669. The van der Waals surface area contributed by atoms with Gasteiger partial charge in [-0.25, -0.2) is 0 Å². The maximum absolute atomic E-state index is 12.2. The van der Waals surface area contributed by atoms with Crippen LogP contribution in [0.4, 0.5) is 0 Å². The van der Waals surface area contributed by atoms with Crippen LogP contribution in [0.1, 0.15) is 32.1 Å². The molecule has 0 radical (unpaired) electrons. The van der Waals surface area contributed by atoms with Crippen molar-refractivity contribution in [3.8, 4) is 11.5 Å². The van der Waals surface area contributed by atoms with Gasteiger partial charge in [0.2, 0.25) is 5.91 Å². The average molecular weight is 389 g/mol. The molecule has 0 aliphatic heterocycles. The molecule has 0 saturated heterocycles. The Morgan fingerprint density at radius 2 is 1.96 bits per heavy atom. The summed E-state index contributed by atoms with van der Waals surface area (Å²) in [6.45, 7) is 0.658. The first-order valence-corrected chi connectivity index (χ1v) is 9.50. The van der Waals surface area contributed by atoms with Gasteiger partial charge in [0.15, 0.2) is 11.5 Å². The Hall–Kier alpha value is -1.11. The molecule has 1 saturated carbocycles. The molecule has 1 fully saturated rings. The summed E-state index contributed by atoms with van der Waals surface area (Å²) in [5, 5.41) is 3.17. The molecule has 142 valence electrons. The summed E-state index contributed by atoms with van der Waals surface area (Å²) in [6, 6.07) is 6.06. The van der Waals surface area contributed by atoms with Gasteiger partial charge in [0.25, 0.3) is 0 Å². The molecule has 0 heterocycles. The molecule has 1 aromatic rings. The second-order valence-corrected chi connectivity index (χ2v) is 7.24. The number of amides is 1. The lowest BCUT2D eigenvalue weighted by atomic mass is 9.84. The van der Waals surface area contributed by atoms with E-state index in [0.717, 1.165) is 23.5 Å². The third-order valence-electron chi connectivity index (χ3n) is 4.51. The van der Waals surface area contributed by atoms with Gasteiger partial charge in [0.1, 0.15) is 0 Å². The van der Waals surface area contributed by atoms with Gasteiger partial charge in [0.05, 0.1) is 14.2 Å². The molecular formula is C18H29ClN2O3S. The topological polar surface area (TPSA) is 73.6 Å². The number of nitrogens with two attached hydrogens (primary N) is 1. The van der Waals surface area contributed by atoms with E-state index in [-0.39, 0.29) is 24.4 Å². The van der Waals surface area contributed by atoms with Crippen molar-refractivity contribution < 1.29 is 14.3 Å². The van der Waals surface area contributed by atoms with Crippen LogP contribution in [0.25, 0.3) is 0 Å². The lowest BCUT2D eigenvalue weighted by Crippen LogP contribution is -2.44. The van der Waals surface area contributed by atoms with Crippen molar-refractivity contribution in [2.45, 2.75) is 43.0 Å². The summed E-state index contributed by atoms with van der Waals surface area (Å²) in [7, 11) is 3.24. The summed E-state index contributed by atoms with van der Waals surface area (Å²) in [5.41, 5.74) is 5.82. The van der Waals surface area contributed by atoms with Crippen molar-refractivity contribution in [3.05, 3.63) is 18.2 Å².